The molecule has 0 aliphatic rings. The molecule has 1 atom stereocenters. The van der Waals surface area contributed by atoms with Crippen molar-refractivity contribution in [3.63, 3.8) is 0 Å². The summed E-state index contributed by atoms with van der Waals surface area (Å²) in [5.41, 5.74) is 2.18. The maximum absolute atomic E-state index is 11.5. The van der Waals surface area contributed by atoms with E-state index in [1.165, 1.54) is 0 Å². The van der Waals surface area contributed by atoms with Crippen LogP contribution < -0.4 is 0 Å². The smallest absolute Gasteiger partial charge is 0.130 e. The van der Waals surface area contributed by atoms with Crippen LogP contribution in [-0.4, -0.2) is 5.78 Å². The van der Waals surface area contributed by atoms with Gasteiger partial charge >= 0.3 is 0 Å². The first-order valence-corrected chi connectivity index (χ1v) is 6.35. The minimum Gasteiger partial charge on any atom is -0.300 e. The lowest BCUT2D eigenvalue weighted by Gasteiger charge is -2.17. The molecular formula is C18H20O. The second-order valence-corrected chi connectivity index (χ2v) is 4.36. The number of hydrogen-bond donors (Lipinski definition) is 0. The summed E-state index contributed by atoms with van der Waals surface area (Å²) in [6.45, 7) is 9.11. The fraction of sp³-hybridized carbons (Fsp3) is 0.167. The van der Waals surface area contributed by atoms with Crippen LogP contribution in [0.2, 0.25) is 0 Å². The van der Waals surface area contributed by atoms with Crippen molar-refractivity contribution in [2.45, 2.75) is 19.3 Å². The molecule has 0 saturated carbocycles. The van der Waals surface area contributed by atoms with E-state index in [0.717, 1.165) is 11.1 Å². The second kappa shape index (κ2) is 8.04. The monoisotopic (exact) mass is 252 g/mol. The first-order chi connectivity index (χ1) is 9.19. The Morgan fingerprint density at radius 3 is 2.42 bits per heavy atom. The van der Waals surface area contributed by atoms with E-state index in [9.17, 15) is 4.79 Å². The van der Waals surface area contributed by atoms with Crippen molar-refractivity contribution >= 4 is 5.78 Å². The molecule has 0 heterocycles. The van der Waals surface area contributed by atoms with Crippen molar-refractivity contribution in [1.29, 1.82) is 0 Å². The predicted molar refractivity (Wildman–Crippen MR) is 82.1 cm³/mol. The zero-order chi connectivity index (χ0) is 14.1. The average molecular weight is 252 g/mol. The molecule has 1 nitrogen and oxygen atoms in total. The fourth-order valence-corrected chi connectivity index (χ4v) is 1.97. The van der Waals surface area contributed by atoms with E-state index in [-0.39, 0.29) is 11.7 Å². The molecule has 1 aromatic rings. The van der Waals surface area contributed by atoms with Gasteiger partial charge in [-0.2, -0.15) is 0 Å². The van der Waals surface area contributed by atoms with Crippen molar-refractivity contribution < 1.29 is 4.79 Å². The second-order valence-electron chi connectivity index (χ2n) is 4.36. The largest absolute Gasteiger partial charge is 0.300 e. The Bertz CT molecular complexity index is 492. The van der Waals surface area contributed by atoms with Crippen molar-refractivity contribution in [3.8, 4) is 0 Å². The third-order valence-electron chi connectivity index (χ3n) is 2.87. The molecule has 1 rings (SSSR count). The Labute approximate surface area is 115 Å². The number of carbonyl (C=O) groups is 1. The summed E-state index contributed by atoms with van der Waals surface area (Å²) in [4.78, 5) is 11.5. The number of rotatable bonds is 7. The molecular weight excluding hydrogens is 232 g/mol. The maximum atomic E-state index is 11.5. The van der Waals surface area contributed by atoms with Crippen LogP contribution in [0.3, 0.4) is 0 Å². The van der Waals surface area contributed by atoms with Gasteiger partial charge in [0, 0.05) is 12.3 Å². The molecule has 0 radical (unpaired) electrons. The molecule has 0 aliphatic carbocycles. The van der Waals surface area contributed by atoms with Gasteiger partial charge in [-0.15, -0.1) is 0 Å². The van der Waals surface area contributed by atoms with Gasteiger partial charge in [0.2, 0.25) is 0 Å². The summed E-state index contributed by atoms with van der Waals surface area (Å²) in [6.07, 6.45) is 9.78. The summed E-state index contributed by atoms with van der Waals surface area (Å²) in [5.74, 6) is 0.236. The van der Waals surface area contributed by atoms with E-state index < -0.39 is 0 Å². The van der Waals surface area contributed by atoms with Crippen LogP contribution >= 0.6 is 0 Å². The minimum absolute atomic E-state index is 0.0608. The maximum Gasteiger partial charge on any atom is 0.130 e. The number of ketones is 1. The van der Waals surface area contributed by atoms with E-state index >= 15 is 0 Å². The SMILES string of the molecule is C=C/C=C\C=C(/C=C)C(CC(C)=O)c1ccccc1. The lowest BCUT2D eigenvalue weighted by Crippen LogP contribution is -2.06. The van der Waals surface area contributed by atoms with Crippen LogP contribution in [0.1, 0.15) is 24.8 Å². The Morgan fingerprint density at radius 1 is 1.21 bits per heavy atom. The highest BCUT2D eigenvalue weighted by molar-refractivity contribution is 5.77. The van der Waals surface area contributed by atoms with Crippen molar-refractivity contribution in [2.24, 2.45) is 0 Å². The average Bonchev–Trinajstić information content (AvgIpc) is 2.42. The highest BCUT2D eigenvalue weighted by atomic mass is 16.1. The Hall–Kier alpha value is -2.15. The summed E-state index contributed by atoms with van der Waals surface area (Å²) in [6, 6.07) is 10.0. The topological polar surface area (TPSA) is 17.1 Å². The summed E-state index contributed by atoms with van der Waals surface area (Å²) in [5, 5.41) is 0. The molecule has 19 heavy (non-hydrogen) atoms. The van der Waals surface area contributed by atoms with E-state index in [2.05, 4.69) is 13.2 Å². The molecule has 1 heteroatoms. The number of Topliss-reactive ketones (excluding diaryl/α,β-unsaturated/α-hetero) is 1. The molecule has 0 bridgehead atoms. The summed E-state index contributed by atoms with van der Waals surface area (Å²) < 4.78 is 0. The molecule has 1 aromatic carbocycles. The lowest BCUT2D eigenvalue weighted by atomic mass is 9.86. The van der Waals surface area contributed by atoms with Crippen LogP contribution in [0.25, 0.3) is 0 Å². The Kier molecular flexibility index (Phi) is 6.31. The van der Waals surface area contributed by atoms with E-state index in [0.29, 0.717) is 6.42 Å². The predicted octanol–water partition coefficient (Wildman–Crippen LogP) is 4.60. The number of allylic oxidation sites excluding steroid dienone is 6. The zero-order valence-corrected chi connectivity index (χ0v) is 11.4. The summed E-state index contributed by atoms with van der Waals surface area (Å²) >= 11 is 0. The van der Waals surface area contributed by atoms with Gasteiger partial charge in [-0.1, -0.05) is 73.9 Å². The molecule has 0 saturated heterocycles. The first-order valence-electron chi connectivity index (χ1n) is 6.35. The van der Waals surface area contributed by atoms with Gasteiger partial charge in [-0.3, -0.25) is 4.79 Å². The Morgan fingerprint density at radius 2 is 1.89 bits per heavy atom. The van der Waals surface area contributed by atoms with Crippen molar-refractivity contribution in [2.75, 3.05) is 0 Å². The van der Waals surface area contributed by atoms with Crippen LogP contribution in [-0.2, 0) is 4.79 Å². The molecule has 0 fully saturated rings. The molecule has 98 valence electrons. The number of carbonyl (C=O) groups excluding carboxylic acids is 1. The molecule has 0 spiro atoms. The van der Waals surface area contributed by atoms with Gasteiger partial charge in [-0.05, 0) is 18.1 Å². The number of benzene rings is 1. The Balaban J connectivity index is 3.11. The standard InChI is InChI=1S/C18H20O/c1-4-6-8-11-16(5-2)18(14-15(3)19)17-12-9-7-10-13-17/h4-13,18H,1-2,14H2,3H3/b8-6-,16-11+. The van der Waals surface area contributed by atoms with Crippen molar-refractivity contribution in [3.05, 3.63) is 85.0 Å². The first kappa shape index (κ1) is 14.9. The van der Waals surface area contributed by atoms with Gasteiger partial charge in [0.1, 0.15) is 5.78 Å². The van der Waals surface area contributed by atoms with Crippen LogP contribution in [0.5, 0.6) is 0 Å². The lowest BCUT2D eigenvalue weighted by molar-refractivity contribution is -0.117. The third kappa shape index (κ3) is 4.92. The van der Waals surface area contributed by atoms with Gasteiger partial charge < -0.3 is 0 Å². The highest BCUT2D eigenvalue weighted by Crippen LogP contribution is 2.28. The van der Waals surface area contributed by atoms with Gasteiger partial charge in [-0.25, -0.2) is 0 Å². The molecule has 1 unspecified atom stereocenters. The summed E-state index contributed by atoms with van der Waals surface area (Å²) in [7, 11) is 0. The highest BCUT2D eigenvalue weighted by Gasteiger charge is 2.16. The van der Waals surface area contributed by atoms with E-state index in [1.807, 2.05) is 54.6 Å². The van der Waals surface area contributed by atoms with Crippen LogP contribution in [0, 0.1) is 0 Å². The minimum atomic E-state index is 0.0608. The van der Waals surface area contributed by atoms with E-state index in [1.54, 1.807) is 13.0 Å². The van der Waals surface area contributed by atoms with Crippen LogP contribution in [0.15, 0.2) is 79.4 Å². The zero-order valence-electron chi connectivity index (χ0n) is 11.4. The fourth-order valence-electron chi connectivity index (χ4n) is 1.97. The van der Waals surface area contributed by atoms with Crippen LogP contribution in [0.4, 0.5) is 0 Å². The molecule has 0 amide bonds. The number of hydrogen-bond acceptors (Lipinski definition) is 1. The van der Waals surface area contributed by atoms with Gasteiger partial charge in [0.25, 0.3) is 0 Å². The third-order valence-corrected chi connectivity index (χ3v) is 2.87. The molecule has 0 aliphatic heterocycles. The van der Waals surface area contributed by atoms with Crippen molar-refractivity contribution in [1.82, 2.24) is 0 Å². The quantitative estimate of drug-likeness (QED) is 0.648. The molecule has 0 aromatic heterocycles. The normalized spacial score (nSPS) is 13.2. The van der Waals surface area contributed by atoms with Gasteiger partial charge in [0.15, 0.2) is 0 Å². The van der Waals surface area contributed by atoms with E-state index in [4.69, 9.17) is 0 Å². The molecule has 0 N–H and O–H groups in total. The van der Waals surface area contributed by atoms with Gasteiger partial charge in [0.05, 0.1) is 0 Å².